The van der Waals surface area contributed by atoms with Gasteiger partial charge in [-0.3, -0.25) is 4.98 Å². The van der Waals surface area contributed by atoms with Crippen LogP contribution in [-0.2, 0) is 20.4 Å². The van der Waals surface area contributed by atoms with Gasteiger partial charge in [-0.15, -0.1) is 0 Å². The first-order chi connectivity index (χ1) is 19.6. The van der Waals surface area contributed by atoms with Gasteiger partial charge in [0.05, 0.1) is 29.8 Å². The molecule has 0 radical (unpaired) electrons. The van der Waals surface area contributed by atoms with Crippen LogP contribution in [0.3, 0.4) is 0 Å². The number of hydrogen-bond acceptors (Lipinski definition) is 8. The van der Waals surface area contributed by atoms with Gasteiger partial charge in [0, 0.05) is 36.3 Å². The highest BCUT2D eigenvalue weighted by Crippen LogP contribution is 2.42. The largest absolute Gasteiger partial charge is 0.511 e. The molecule has 42 heavy (non-hydrogen) atoms. The lowest BCUT2D eigenvalue weighted by Gasteiger charge is -2.24. The number of nitrogens with zero attached hydrogens (tertiary/aromatic N) is 2. The van der Waals surface area contributed by atoms with Crippen molar-refractivity contribution in [3.05, 3.63) is 52.7 Å². The third-order valence-corrected chi connectivity index (χ3v) is 6.13. The van der Waals surface area contributed by atoms with Crippen molar-refractivity contribution in [2.24, 2.45) is 0 Å². The highest BCUT2D eigenvalue weighted by Gasteiger charge is 2.30. The van der Waals surface area contributed by atoms with E-state index in [4.69, 9.17) is 35.3 Å². The number of carbonyl (C=O) groups is 2. The summed E-state index contributed by atoms with van der Waals surface area (Å²) in [6, 6.07) is 7.66. The quantitative estimate of drug-likeness (QED) is 0.138. The maximum absolute atomic E-state index is 13.1. The summed E-state index contributed by atoms with van der Waals surface area (Å²) in [5, 5.41) is 0.666. The molecule has 0 spiro atoms. The van der Waals surface area contributed by atoms with Crippen LogP contribution in [0, 0.1) is 6.92 Å². The summed E-state index contributed by atoms with van der Waals surface area (Å²) < 4.78 is 65.9. The molecular formula is C29H32ClF3N2O7. The van der Waals surface area contributed by atoms with Crippen LogP contribution < -0.4 is 9.47 Å². The topological polar surface area (TPSA) is 96.4 Å². The van der Waals surface area contributed by atoms with Crippen molar-refractivity contribution >= 4 is 34.8 Å². The average molecular weight is 613 g/mol. The van der Waals surface area contributed by atoms with Gasteiger partial charge in [-0.1, -0.05) is 23.7 Å². The summed E-state index contributed by atoms with van der Waals surface area (Å²) in [5.41, 5.74) is 0.229. The second-order valence-electron chi connectivity index (χ2n) is 10.2. The fourth-order valence-corrected chi connectivity index (χ4v) is 4.13. The lowest BCUT2D eigenvalue weighted by Crippen LogP contribution is -2.35. The number of fused-ring (bicyclic) bond motifs is 1. The third kappa shape index (κ3) is 8.54. The number of rotatable bonds is 9. The van der Waals surface area contributed by atoms with E-state index in [0.29, 0.717) is 39.9 Å². The Labute approximate surface area is 246 Å². The predicted octanol–water partition coefficient (Wildman–Crippen LogP) is 7.64. The first kappa shape index (κ1) is 32.6. The molecule has 3 aromatic rings. The van der Waals surface area contributed by atoms with Crippen molar-refractivity contribution in [2.75, 3.05) is 34.1 Å². The summed E-state index contributed by atoms with van der Waals surface area (Å²) in [7, 11) is 3.01. The number of carbonyl (C=O) groups excluding carboxylic acids is 2. The molecule has 0 atom stereocenters. The number of methoxy groups -OCH3 is 1. The molecule has 0 N–H and O–H groups in total. The van der Waals surface area contributed by atoms with Crippen molar-refractivity contribution in [3.63, 3.8) is 0 Å². The molecule has 13 heteroatoms. The smallest absolute Gasteiger partial charge is 0.495 e. The maximum atomic E-state index is 13.1. The number of benzene rings is 2. The highest BCUT2D eigenvalue weighted by molar-refractivity contribution is 6.33. The molecule has 1 amide bonds. The summed E-state index contributed by atoms with van der Waals surface area (Å²) in [5.74, 6) is 0.551. The molecule has 0 bridgehead atoms. The van der Waals surface area contributed by atoms with E-state index in [1.165, 1.54) is 24.1 Å². The Kier molecular flexibility index (Phi) is 10.4. The van der Waals surface area contributed by atoms with Crippen molar-refractivity contribution in [1.82, 2.24) is 9.88 Å². The molecule has 0 unspecified atom stereocenters. The van der Waals surface area contributed by atoms with Crippen LogP contribution in [0.5, 0.6) is 11.5 Å². The summed E-state index contributed by atoms with van der Waals surface area (Å²) in [4.78, 5) is 30.1. The summed E-state index contributed by atoms with van der Waals surface area (Å²) >= 11 is 6.34. The van der Waals surface area contributed by atoms with E-state index in [9.17, 15) is 22.8 Å². The van der Waals surface area contributed by atoms with Gasteiger partial charge in [0.15, 0.2) is 0 Å². The SMILES string of the molecule is COc1cc2nc(C)c(-c3ccc(C(F)(F)F)cc3)c(OCOC(=O)OCCCN(C)C(=O)OC(C)(C)C)c2cc1Cl. The molecular weight excluding hydrogens is 581 g/mol. The summed E-state index contributed by atoms with van der Waals surface area (Å²) in [6.45, 7) is 6.61. The average Bonchev–Trinajstić information content (AvgIpc) is 2.89. The van der Waals surface area contributed by atoms with Crippen LogP contribution in [0.25, 0.3) is 22.0 Å². The molecule has 0 aliphatic rings. The van der Waals surface area contributed by atoms with Crippen molar-refractivity contribution in [2.45, 2.75) is 45.9 Å². The Bertz CT molecular complexity index is 1420. The van der Waals surface area contributed by atoms with Crippen LogP contribution in [-0.4, -0.2) is 61.8 Å². The zero-order chi connectivity index (χ0) is 31.2. The number of ether oxygens (including phenoxy) is 5. The number of aromatic nitrogens is 1. The second-order valence-corrected chi connectivity index (χ2v) is 10.6. The minimum absolute atomic E-state index is 0.0323. The Morgan fingerprint density at radius 1 is 1.05 bits per heavy atom. The van der Waals surface area contributed by atoms with E-state index in [2.05, 4.69) is 4.98 Å². The predicted molar refractivity (Wildman–Crippen MR) is 150 cm³/mol. The molecule has 9 nitrogen and oxygen atoms in total. The Balaban J connectivity index is 1.74. The number of pyridine rings is 1. The van der Waals surface area contributed by atoms with Crippen molar-refractivity contribution in [3.8, 4) is 22.6 Å². The van der Waals surface area contributed by atoms with Gasteiger partial charge in [-0.25, -0.2) is 9.59 Å². The van der Waals surface area contributed by atoms with Crippen molar-refractivity contribution in [1.29, 1.82) is 0 Å². The molecule has 1 heterocycles. The van der Waals surface area contributed by atoms with E-state index >= 15 is 0 Å². The molecule has 1 aromatic heterocycles. The number of aryl methyl sites for hydroxylation is 1. The minimum Gasteiger partial charge on any atom is -0.495 e. The Hall–Kier alpha value is -3.93. The van der Waals surface area contributed by atoms with Gasteiger partial charge in [0.1, 0.15) is 17.1 Å². The van der Waals surface area contributed by atoms with E-state index in [0.717, 1.165) is 12.1 Å². The number of amides is 1. The van der Waals surface area contributed by atoms with Gasteiger partial charge >= 0.3 is 18.4 Å². The number of alkyl halides is 3. The zero-order valence-electron chi connectivity index (χ0n) is 24.1. The van der Waals surface area contributed by atoms with Crippen LogP contribution in [0.1, 0.15) is 38.4 Å². The molecule has 2 aromatic carbocycles. The molecule has 0 aliphatic carbocycles. The van der Waals surface area contributed by atoms with E-state index in [1.54, 1.807) is 46.9 Å². The molecule has 0 saturated heterocycles. The third-order valence-electron chi connectivity index (χ3n) is 5.84. The normalized spacial score (nSPS) is 11.7. The number of halogens is 4. The molecule has 0 saturated carbocycles. The highest BCUT2D eigenvalue weighted by atomic mass is 35.5. The summed E-state index contributed by atoms with van der Waals surface area (Å²) in [6.07, 6.45) is -5.68. The van der Waals surface area contributed by atoms with Crippen LogP contribution >= 0.6 is 11.6 Å². The zero-order valence-corrected chi connectivity index (χ0v) is 24.8. The number of hydrogen-bond donors (Lipinski definition) is 0. The van der Waals surface area contributed by atoms with Crippen LogP contribution in [0.15, 0.2) is 36.4 Å². The first-order valence-electron chi connectivity index (χ1n) is 12.8. The minimum atomic E-state index is -4.50. The van der Waals surface area contributed by atoms with Gasteiger partial charge in [0.2, 0.25) is 6.79 Å². The fraction of sp³-hybridized carbons (Fsp3) is 0.414. The lowest BCUT2D eigenvalue weighted by molar-refractivity contribution is -0.137. The molecule has 3 rings (SSSR count). The maximum Gasteiger partial charge on any atom is 0.511 e. The molecule has 228 valence electrons. The van der Waals surface area contributed by atoms with E-state index in [-0.39, 0.29) is 23.9 Å². The Morgan fingerprint density at radius 2 is 1.71 bits per heavy atom. The lowest BCUT2D eigenvalue weighted by atomic mass is 9.99. The first-order valence-corrected chi connectivity index (χ1v) is 13.2. The van der Waals surface area contributed by atoms with Gasteiger partial charge < -0.3 is 28.6 Å². The standard InChI is InChI=1S/C29H32ClF3N2O7/c1-17-24(18-8-10-19(11-9-18)29(31,32)33)25(20-14-21(30)23(38-6)15-22(20)34-17)40-16-41-27(37)39-13-7-12-35(5)26(36)42-28(2,3)4/h8-11,14-15H,7,12-13,16H2,1-6H3. The van der Waals surface area contributed by atoms with Gasteiger partial charge in [0.25, 0.3) is 0 Å². The van der Waals surface area contributed by atoms with E-state index in [1.807, 2.05) is 0 Å². The monoisotopic (exact) mass is 612 g/mol. The van der Waals surface area contributed by atoms with Crippen LogP contribution in [0.2, 0.25) is 5.02 Å². The van der Waals surface area contributed by atoms with Crippen LogP contribution in [0.4, 0.5) is 22.8 Å². The molecule has 0 aliphatic heterocycles. The Morgan fingerprint density at radius 3 is 2.31 bits per heavy atom. The molecule has 0 fully saturated rings. The van der Waals surface area contributed by atoms with E-state index < -0.39 is 36.4 Å². The fourth-order valence-electron chi connectivity index (χ4n) is 3.89. The van der Waals surface area contributed by atoms with Gasteiger partial charge in [-0.2, -0.15) is 13.2 Å². The van der Waals surface area contributed by atoms with Gasteiger partial charge in [-0.05, 0) is 57.9 Å². The van der Waals surface area contributed by atoms with Crippen molar-refractivity contribution < 1.29 is 46.4 Å². The second kappa shape index (κ2) is 13.4.